The number of benzene rings is 1. The standard InChI is InChI=1S/C21H28BrNO3/c1-5-8-18(12-11-17(3)26-14-13-22)15-20(21(24)25-4)23-19-10-7-6-9-16(19)2/h5-7,9-12,20,23H,1,8,13-15H2,2-4H3/b17-11+,18-12+. The van der Waals surface area contributed by atoms with Crippen LogP contribution in [0.3, 0.4) is 0 Å². The maximum Gasteiger partial charge on any atom is 0.328 e. The molecule has 0 saturated carbocycles. The third-order valence-corrected chi connectivity index (χ3v) is 4.12. The van der Waals surface area contributed by atoms with Gasteiger partial charge in [0.2, 0.25) is 0 Å². The lowest BCUT2D eigenvalue weighted by Crippen LogP contribution is -2.31. The highest BCUT2D eigenvalue weighted by Gasteiger charge is 2.20. The van der Waals surface area contributed by atoms with Gasteiger partial charge in [-0.25, -0.2) is 4.79 Å². The first kappa shape index (κ1) is 22.0. The molecule has 0 fully saturated rings. The summed E-state index contributed by atoms with van der Waals surface area (Å²) < 4.78 is 10.5. The fraction of sp³-hybridized carbons (Fsp3) is 0.381. The Labute approximate surface area is 165 Å². The van der Waals surface area contributed by atoms with Gasteiger partial charge in [-0.2, -0.15) is 0 Å². The van der Waals surface area contributed by atoms with Crippen molar-refractivity contribution in [3.8, 4) is 0 Å². The molecule has 5 heteroatoms. The summed E-state index contributed by atoms with van der Waals surface area (Å²) in [4.78, 5) is 12.3. The molecule has 0 spiro atoms. The zero-order valence-electron chi connectivity index (χ0n) is 15.8. The number of carbonyl (C=O) groups excluding carboxylic acids is 1. The second-order valence-electron chi connectivity index (χ2n) is 5.87. The molecule has 0 radical (unpaired) electrons. The number of para-hydroxylation sites is 1. The Balaban J connectivity index is 2.95. The maximum absolute atomic E-state index is 12.3. The molecule has 0 bridgehead atoms. The van der Waals surface area contributed by atoms with E-state index in [2.05, 4.69) is 27.8 Å². The van der Waals surface area contributed by atoms with Crippen LogP contribution in [-0.4, -0.2) is 31.1 Å². The molecule has 0 aliphatic rings. The zero-order valence-corrected chi connectivity index (χ0v) is 17.3. The number of ether oxygens (including phenoxy) is 2. The van der Waals surface area contributed by atoms with Crippen LogP contribution >= 0.6 is 15.9 Å². The van der Waals surface area contributed by atoms with Crippen molar-refractivity contribution < 1.29 is 14.3 Å². The summed E-state index contributed by atoms with van der Waals surface area (Å²) in [5, 5.41) is 4.08. The van der Waals surface area contributed by atoms with Crippen LogP contribution < -0.4 is 5.32 Å². The number of carbonyl (C=O) groups is 1. The Kier molecular flexibility index (Phi) is 10.5. The van der Waals surface area contributed by atoms with Crippen molar-refractivity contribution >= 4 is 27.6 Å². The predicted octanol–water partition coefficient (Wildman–Crippen LogP) is 5.16. The molecule has 0 aliphatic heterocycles. The van der Waals surface area contributed by atoms with Gasteiger partial charge in [0.1, 0.15) is 6.04 Å². The molecule has 1 atom stereocenters. The van der Waals surface area contributed by atoms with Crippen molar-refractivity contribution in [1.82, 2.24) is 0 Å². The largest absolute Gasteiger partial charge is 0.497 e. The van der Waals surface area contributed by atoms with E-state index < -0.39 is 6.04 Å². The topological polar surface area (TPSA) is 47.6 Å². The van der Waals surface area contributed by atoms with Gasteiger partial charge in [-0.15, -0.1) is 6.58 Å². The molecule has 0 aromatic heterocycles. The first-order valence-electron chi connectivity index (χ1n) is 8.57. The quantitative estimate of drug-likeness (QED) is 0.176. The van der Waals surface area contributed by atoms with Crippen LogP contribution in [0, 0.1) is 6.92 Å². The first-order valence-corrected chi connectivity index (χ1v) is 9.70. The number of methoxy groups -OCH3 is 1. The van der Waals surface area contributed by atoms with Crippen molar-refractivity contribution in [2.75, 3.05) is 24.4 Å². The summed E-state index contributed by atoms with van der Waals surface area (Å²) >= 11 is 3.34. The smallest absolute Gasteiger partial charge is 0.328 e. The van der Waals surface area contributed by atoms with Gasteiger partial charge in [0, 0.05) is 11.0 Å². The minimum atomic E-state index is -0.468. The number of rotatable bonds is 11. The normalized spacial score (nSPS) is 13.1. The van der Waals surface area contributed by atoms with E-state index in [1.807, 2.05) is 56.3 Å². The van der Waals surface area contributed by atoms with E-state index in [-0.39, 0.29) is 5.97 Å². The first-order chi connectivity index (χ1) is 12.5. The maximum atomic E-state index is 12.3. The van der Waals surface area contributed by atoms with Crippen LogP contribution in [0.5, 0.6) is 0 Å². The van der Waals surface area contributed by atoms with Gasteiger partial charge in [-0.1, -0.05) is 51.9 Å². The second kappa shape index (κ2) is 12.4. The monoisotopic (exact) mass is 421 g/mol. The highest BCUT2D eigenvalue weighted by molar-refractivity contribution is 9.09. The Morgan fingerprint density at radius 2 is 2.08 bits per heavy atom. The zero-order chi connectivity index (χ0) is 19.4. The molecule has 0 aliphatic carbocycles. The van der Waals surface area contributed by atoms with Crippen molar-refractivity contribution in [1.29, 1.82) is 0 Å². The number of nitrogens with one attached hydrogen (secondary N) is 1. The number of alkyl halides is 1. The molecule has 1 aromatic carbocycles. The lowest BCUT2D eigenvalue weighted by molar-refractivity contribution is -0.141. The summed E-state index contributed by atoms with van der Waals surface area (Å²) in [6.45, 7) is 8.34. The number of hydrogen-bond acceptors (Lipinski definition) is 4. The third-order valence-electron chi connectivity index (χ3n) is 3.79. The number of anilines is 1. The van der Waals surface area contributed by atoms with Gasteiger partial charge < -0.3 is 14.8 Å². The Morgan fingerprint density at radius 3 is 2.69 bits per heavy atom. The van der Waals surface area contributed by atoms with E-state index >= 15 is 0 Å². The number of aryl methyl sites for hydroxylation is 1. The van der Waals surface area contributed by atoms with E-state index in [9.17, 15) is 4.79 Å². The molecule has 0 heterocycles. The summed E-state index contributed by atoms with van der Waals surface area (Å²) in [6.07, 6.45) is 6.95. The molecule has 1 unspecified atom stereocenters. The van der Waals surface area contributed by atoms with Gasteiger partial charge in [0.25, 0.3) is 0 Å². The van der Waals surface area contributed by atoms with E-state index in [0.29, 0.717) is 19.4 Å². The summed E-state index contributed by atoms with van der Waals surface area (Å²) in [7, 11) is 1.41. The number of halogens is 1. The highest BCUT2D eigenvalue weighted by Crippen LogP contribution is 2.20. The van der Waals surface area contributed by atoms with E-state index in [0.717, 1.165) is 27.9 Å². The average Bonchev–Trinajstić information content (AvgIpc) is 2.64. The molecule has 1 aromatic rings. The molecule has 26 heavy (non-hydrogen) atoms. The Morgan fingerprint density at radius 1 is 1.35 bits per heavy atom. The lowest BCUT2D eigenvalue weighted by Gasteiger charge is -2.20. The van der Waals surface area contributed by atoms with Gasteiger partial charge in [0.15, 0.2) is 0 Å². The van der Waals surface area contributed by atoms with Gasteiger partial charge >= 0.3 is 5.97 Å². The van der Waals surface area contributed by atoms with Gasteiger partial charge in [-0.3, -0.25) is 0 Å². The average molecular weight is 422 g/mol. The van der Waals surface area contributed by atoms with E-state index in [1.54, 1.807) is 0 Å². The van der Waals surface area contributed by atoms with E-state index in [1.165, 1.54) is 7.11 Å². The number of allylic oxidation sites excluding steroid dienone is 4. The second-order valence-corrected chi connectivity index (χ2v) is 6.66. The van der Waals surface area contributed by atoms with Crippen molar-refractivity contribution in [3.05, 3.63) is 66.0 Å². The SMILES string of the molecule is C=CC/C(=C\C=C(/C)OCCBr)CC(Nc1ccccc1C)C(=O)OC. The summed E-state index contributed by atoms with van der Waals surface area (Å²) in [5.41, 5.74) is 3.07. The molecule has 1 N–H and O–H groups in total. The molecule has 1 rings (SSSR count). The van der Waals surface area contributed by atoms with Crippen LogP contribution in [0.1, 0.15) is 25.3 Å². The van der Waals surface area contributed by atoms with Crippen molar-refractivity contribution in [3.63, 3.8) is 0 Å². The van der Waals surface area contributed by atoms with Crippen LogP contribution in [0.2, 0.25) is 0 Å². The van der Waals surface area contributed by atoms with Gasteiger partial charge in [0.05, 0.1) is 19.5 Å². The van der Waals surface area contributed by atoms with Crippen LogP contribution in [0.25, 0.3) is 0 Å². The molecule has 0 amide bonds. The molecular weight excluding hydrogens is 394 g/mol. The summed E-state index contributed by atoms with van der Waals surface area (Å²) in [5.74, 6) is 0.534. The van der Waals surface area contributed by atoms with Crippen LogP contribution in [0.4, 0.5) is 5.69 Å². The Hall–Kier alpha value is -2.01. The van der Waals surface area contributed by atoms with Gasteiger partial charge in [-0.05, 0) is 44.4 Å². The van der Waals surface area contributed by atoms with Crippen molar-refractivity contribution in [2.24, 2.45) is 0 Å². The lowest BCUT2D eigenvalue weighted by atomic mass is 10.0. The third kappa shape index (κ3) is 7.91. The fourth-order valence-corrected chi connectivity index (χ4v) is 2.57. The molecule has 4 nitrogen and oxygen atoms in total. The predicted molar refractivity (Wildman–Crippen MR) is 112 cm³/mol. The molecular formula is C21H28BrNO3. The molecule has 0 saturated heterocycles. The minimum Gasteiger partial charge on any atom is -0.497 e. The summed E-state index contributed by atoms with van der Waals surface area (Å²) in [6, 6.07) is 7.41. The fourth-order valence-electron chi connectivity index (χ4n) is 2.41. The van der Waals surface area contributed by atoms with Crippen LogP contribution in [0.15, 0.2) is 60.4 Å². The Bertz CT molecular complexity index is 652. The van der Waals surface area contributed by atoms with E-state index in [4.69, 9.17) is 9.47 Å². The number of esters is 1. The number of hydrogen-bond donors (Lipinski definition) is 1. The highest BCUT2D eigenvalue weighted by atomic mass is 79.9. The minimum absolute atomic E-state index is 0.292. The molecule has 142 valence electrons. The van der Waals surface area contributed by atoms with Crippen molar-refractivity contribution in [2.45, 2.75) is 32.7 Å². The van der Waals surface area contributed by atoms with Crippen LogP contribution in [-0.2, 0) is 14.3 Å².